The van der Waals surface area contributed by atoms with E-state index in [-0.39, 0.29) is 17.7 Å². The molecule has 1 aliphatic heterocycles. The van der Waals surface area contributed by atoms with Crippen molar-refractivity contribution in [3.8, 4) is 5.19 Å². The Labute approximate surface area is 118 Å². The lowest BCUT2D eigenvalue weighted by Gasteiger charge is -2.19. The topological polar surface area (TPSA) is 42.4 Å². The number of likely N-dealkylation sites (tertiary alicyclic amines) is 1. The highest BCUT2D eigenvalue weighted by Crippen LogP contribution is 2.32. The number of amides is 1. The van der Waals surface area contributed by atoms with Gasteiger partial charge in [-0.3, -0.25) is 4.79 Å². The molecule has 0 N–H and O–H groups in total. The Morgan fingerprint density at radius 1 is 1.30 bits per heavy atom. The van der Waals surface area contributed by atoms with E-state index in [9.17, 15) is 18.0 Å². The second kappa shape index (κ2) is 6.92. The molecule has 1 fully saturated rings. The number of ether oxygens (including phenoxy) is 1. The van der Waals surface area contributed by atoms with Crippen LogP contribution in [0, 0.1) is 5.95 Å². The highest BCUT2D eigenvalue weighted by molar-refractivity contribution is 7.13. The number of nitrogens with zero attached hydrogens (tertiary/aromatic N) is 2. The van der Waals surface area contributed by atoms with Crippen molar-refractivity contribution in [3.05, 3.63) is 10.8 Å². The van der Waals surface area contributed by atoms with Gasteiger partial charge in [0.1, 0.15) is 4.88 Å². The fourth-order valence-electron chi connectivity index (χ4n) is 2.03. The fourth-order valence-corrected chi connectivity index (χ4v) is 2.68. The summed E-state index contributed by atoms with van der Waals surface area (Å²) in [5, 5.41) is -0.235. The molecule has 1 saturated heterocycles. The number of hydrogen-bond acceptors (Lipinski definition) is 4. The maximum atomic E-state index is 13.0. The average Bonchev–Trinajstić information content (AvgIpc) is 2.64. The van der Waals surface area contributed by atoms with Gasteiger partial charge in [0, 0.05) is 13.1 Å². The minimum Gasteiger partial charge on any atom is -0.460 e. The quantitative estimate of drug-likeness (QED) is 0.858. The zero-order valence-corrected chi connectivity index (χ0v) is 11.6. The zero-order chi connectivity index (χ0) is 14.5. The minimum atomic E-state index is -2.92. The highest BCUT2D eigenvalue weighted by Gasteiger charge is 2.22. The summed E-state index contributed by atoms with van der Waals surface area (Å²) in [6.45, 7) is 1.06. The van der Waals surface area contributed by atoms with E-state index in [1.807, 2.05) is 0 Å². The van der Waals surface area contributed by atoms with E-state index >= 15 is 0 Å². The molecule has 0 unspecified atom stereocenters. The van der Waals surface area contributed by atoms with Crippen molar-refractivity contribution in [3.63, 3.8) is 0 Å². The lowest BCUT2D eigenvalue weighted by Crippen LogP contribution is -2.35. The van der Waals surface area contributed by atoms with Crippen molar-refractivity contribution in [1.82, 2.24) is 9.88 Å². The molecule has 2 rings (SSSR count). The third-order valence-electron chi connectivity index (χ3n) is 3.07. The summed E-state index contributed by atoms with van der Waals surface area (Å²) >= 11 is 0.431. The summed E-state index contributed by atoms with van der Waals surface area (Å²) in [6.07, 6.45) is 1.17. The van der Waals surface area contributed by atoms with E-state index in [0.717, 1.165) is 25.7 Å². The minimum absolute atomic E-state index is 0.221. The fraction of sp³-hybridized carbons (Fsp3) is 0.667. The van der Waals surface area contributed by atoms with Crippen molar-refractivity contribution in [2.45, 2.75) is 32.1 Å². The van der Waals surface area contributed by atoms with Gasteiger partial charge < -0.3 is 9.64 Å². The predicted molar refractivity (Wildman–Crippen MR) is 67.6 cm³/mol. The SMILES string of the molecule is O=C(COc1nc(F)c(C(F)F)s1)N1CCCCCC1. The molecule has 0 saturated carbocycles. The van der Waals surface area contributed by atoms with Crippen LogP contribution in [-0.2, 0) is 4.79 Å². The van der Waals surface area contributed by atoms with Crippen molar-refractivity contribution >= 4 is 17.2 Å². The molecule has 1 aromatic heterocycles. The number of carbonyl (C=O) groups is 1. The number of halogens is 3. The van der Waals surface area contributed by atoms with Gasteiger partial charge in [-0.1, -0.05) is 24.2 Å². The first kappa shape index (κ1) is 15.1. The summed E-state index contributed by atoms with van der Waals surface area (Å²) < 4.78 is 42.8. The van der Waals surface area contributed by atoms with Crippen LogP contribution in [0.4, 0.5) is 13.2 Å². The third-order valence-corrected chi connectivity index (χ3v) is 4.02. The van der Waals surface area contributed by atoms with Crippen LogP contribution in [0.2, 0.25) is 0 Å². The highest BCUT2D eigenvalue weighted by atomic mass is 32.1. The van der Waals surface area contributed by atoms with Gasteiger partial charge in [-0.15, -0.1) is 0 Å². The Hall–Kier alpha value is -1.31. The number of thiazole rings is 1. The van der Waals surface area contributed by atoms with Gasteiger partial charge in [0.2, 0.25) is 5.95 Å². The Balaban J connectivity index is 1.87. The summed E-state index contributed by atoms with van der Waals surface area (Å²) in [5.41, 5.74) is 0. The second-order valence-corrected chi connectivity index (χ2v) is 5.51. The van der Waals surface area contributed by atoms with Crippen LogP contribution in [0.15, 0.2) is 0 Å². The van der Waals surface area contributed by atoms with Crippen LogP contribution >= 0.6 is 11.3 Å². The predicted octanol–water partition coefficient (Wildman–Crippen LogP) is 3.00. The maximum absolute atomic E-state index is 13.0. The molecule has 4 nitrogen and oxygen atoms in total. The second-order valence-electron chi connectivity index (χ2n) is 4.52. The van der Waals surface area contributed by atoms with Crippen LogP contribution in [0.5, 0.6) is 5.19 Å². The van der Waals surface area contributed by atoms with Crippen molar-refractivity contribution in [1.29, 1.82) is 0 Å². The molecule has 20 heavy (non-hydrogen) atoms. The van der Waals surface area contributed by atoms with Gasteiger partial charge in [-0.05, 0) is 12.8 Å². The molecule has 0 bridgehead atoms. The first-order valence-electron chi connectivity index (χ1n) is 6.43. The molecule has 1 amide bonds. The Kier molecular flexibility index (Phi) is 5.22. The molecule has 0 aliphatic carbocycles. The van der Waals surface area contributed by atoms with Crippen LogP contribution < -0.4 is 4.74 Å². The lowest BCUT2D eigenvalue weighted by atomic mass is 10.2. The molecule has 0 radical (unpaired) electrons. The molecular weight excluding hydrogens is 293 g/mol. The van der Waals surface area contributed by atoms with Gasteiger partial charge in [0.15, 0.2) is 6.61 Å². The number of hydrogen-bond donors (Lipinski definition) is 0. The zero-order valence-electron chi connectivity index (χ0n) is 10.8. The molecular formula is C12H15F3N2O2S. The van der Waals surface area contributed by atoms with Crippen molar-refractivity contribution < 1.29 is 22.7 Å². The summed E-state index contributed by atoms with van der Waals surface area (Å²) in [7, 11) is 0. The van der Waals surface area contributed by atoms with Gasteiger partial charge >= 0.3 is 0 Å². The van der Waals surface area contributed by atoms with Crippen LogP contribution in [0.25, 0.3) is 0 Å². The summed E-state index contributed by atoms with van der Waals surface area (Å²) in [5.74, 6) is -1.46. The molecule has 0 atom stereocenters. The normalized spacial score (nSPS) is 16.3. The van der Waals surface area contributed by atoms with E-state index in [4.69, 9.17) is 4.74 Å². The van der Waals surface area contributed by atoms with Crippen LogP contribution in [0.1, 0.15) is 37.0 Å². The molecule has 2 heterocycles. The maximum Gasteiger partial charge on any atom is 0.277 e. The molecule has 0 spiro atoms. The molecule has 8 heteroatoms. The van der Waals surface area contributed by atoms with Crippen molar-refractivity contribution in [2.75, 3.05) is 19.7 Å². The van der Waals surface area contributed by atoms with Gasteiger partial charge in [0.25, 0.3) is 17.5 Å². The summed E-state index contributed by atoms with van der Waals surface area (Å²) in [4.78, 5) is 16.1. The van der Waals surface area contributed by atoms with Gasteiger partial charge in [0.05, 0.1) is 0 Å². The van der Waals surface area contributed by atoms with E-state index in [2.05, 4.69) is 4.98 Å². The largest absolute Gasteiger partial charge is 0.460 e. The number of carbonyl (C=O) groups excluding carboxylic acids is 1. The number of aromatic nitrogens is 1. The number of rotatable bonds is 4. The standard InChI is InChI=1S/C12H15F3N2O2S/c13-10(14)9-11(15)16-12(20-9)19-7-8(18)17-5-3-1-2-4-6-17/h10H,1-7H2. The molecule has 0 aromatic carbocycles. The van der Waals surface area contributed by atoms with Crippen LogP contribution in [-0.4, -0.2) is 35.5 Å². The Morgan fingerprint density at radius 2 is 1.95 bits per heavy atom. The first-order valence-corrected chi connectivity index (χ1v) is 7.24. The lowest BCUT2D eigenvalue weighted by molar-refractivity contribution is -0.133. The first-order chi connectivity index (χ1) is 9.58. The van der Waals surface area contributed by atoms with Crippen LogP contribution in [0.3, 0.4) is 0 Å². The van der Waals surface area contributed by atoms with E-state index in [0.29, 0.717) is 24.4 Å². The van der Waals surface area contributed by atoms with Gasteiger partial charge in [-0.25, -0.2) is 8.78 Å². The Morgan fingerprint density at radius 3 is 2.50 bits per heavy atom. The van der Waals surface area contributed by atoms with Gasteiger partial charge in [-0.2, -0.15) is 9.37 Å². The number of alkyl halides is 2. The van der Waals surface area contributed by atoms with E-state index in [1.165, 1.54) is 0 Å². The van der Waals surface area contributed by atoms with E-state index < -0.39 is 17.3 Å². The van der Waals surface area contributed by atoms with Crippen molar-refractivity contribution in [2.24, 2.45) is 0 Å². The average molecular weight is 308 g/mol. The molecule has 1 aromatic rings. The monoisotopic (exact) mass is 308 g/mol. The third kappa shape index (κ3) is 3.84. The smallest absolute Gasteiger partial charge is 0.277 e. The van der Waals surface area contributed by atoms with E-state index in [1.54, 1.807) is 4.90 Å². The molecule has 112 valence electrons. The summed E-state index contributed by atoms with van der Waals surface area (Å²) in [6, 6.07) is 0. The Bertz CT molecular complexity index is 460. The molecule has 1 aliphatic rings.